The van der Waals surface area contributed by atoms with Gasteiger partial charge in [-0.15, -0.1) is 0 Å². The van der Waals surface area contributed by atoms with Crippen molar-refractivity contribution in [1.82, 2.24) is 10.2 Å². The summed E-state index contributed by atoms with van der Waals surface area (Å²) < 4.78 is 5.66. The average Bonchev–Trinajstić information content (AvgIpc) is 3.19. The molecule has 1 N–H and O–H groups in total. The van der Waals surface area contributed by atoms with Crippen molar-refractivity contribution in [2.24, 2.45) is 0 Å². The van der Waals surface area contributed by atoms with Crippen LogP contribution in [-0.2, 0) is 4.79 Å². The Morgan fingerprint density at radius 2 is 1.74 bits per heavy atom. The van der Waals surface area contributed by atoms with Crippen molar-refractivity contribution in [3.63, 3.8) is 0 Å². The van der Waals surface area contributed by atoms with Crippen LogP contribution in [0.15, 0.2) is 42.5 Å². The summed E-state index contributed by atoms with van der Waals surface area (Å²) in [6, 6.07) is 14.8. The lowest BCUT2D eigenvalue weighted by Gasteiger charge is -2.28. The van der Waals surface area contributed by atoms with Gasteiger partial charge in [-0.2, -0.15) is 0 Å². The Hall–Kier alpha value is -2.33. The van der Waals surface area contributed by atoms with Crippen LogP contribution >= 0.6 is 0 Å². The second-order valence-corrected chi connectivity index (χ2v) is 7.51. The molecule has 2 aromatic carbocycles. The minimum Gasteiger partial charge on any atom is -0.484 e. The molecule has 0 aliphatic carbocycles. The molecule has 1 heterocycles. The van der Waals surface area contributed by atoms with Gasteiger partial charge < -0.3 is 10.1 Å². The van der Waals surface area contributed by atoms with Gasteiger partial charge in [0.2, 0.25) is 0 Å². The molecule has 0 aromatic heterocycles. The van der Waals surface area contributed by atoms with Crippen LogP contribution in [0.1, 0.15) is 41.1 Å². The monoisotopic (exact) mass is 366 g/mol. The van der Waals surface area contributed by atoms with Crippen molar-refractivity contribution >= 4 is 5.91 Å². The standard InChI is InChI=1S/C23H30N2O2/c1-17-6-9-20(10-7-17)22(25-12-4-5-13-25)15-24-23(26)16-27-21-11-8-18(2)19(3)14-21/h6-11,14,22H,4-5,12-13,15-16H2,1-3H3,(H,24,26)/t22-/m1/s1. The first-order valence-corrected chi connectivity index (χ1v) is 9.80. The number of rotatable bonds is 7. The van der Waals surface area contributed by atoms with E-state index in [4.69, 9.17) is 4.74 Å². The molecule has 144 valence electrons. The van der Waals surface area contributed by atoms with Crippen molar-refractivity contribution in [3.05, 3.63) is 64.7 Å². The molecule has 4 heteroatoms. The molecule has 1 aliphatic heterocycles. The third-order valence-electron chi connectivity index (χ3n) is 5.38. The Bertz CT molecular complexity index is 764. The number of ether oxygens (including phenoxy) is 1. The van der Waals surface area contributed by atoms with Crippen LogP contribution in [-0.4, -0.2) is 37.0 Å². The number of likely N-dealkylation sites (tertiary alicyclic amines) is 1. The zero-order valence-corrected chi connectivity index (χ0v) is 16.6. The lowest BCUT2D eigenvalue weighted by molar-refractivity contribution is -0.123. The van der Waals surface area contributed by atoms with Gasteiger partial charge >= 0.3 is 0 Å². The maximum absolute atomic E-state index is 12.3. The molecule has 27 heavy (non-hydrogen) atoms. The van der Waals surface area contributed by atoms with Crippen LogP contribution in [0.5, 0.6) is 5.75 Å². The van der Waals surface area contributed by atoms with E-state index in [9.17, 15) is 4.79 Å². The normalized spacial score (nSPS) is 15.5. The Morgan fingerprint density at radius 3 is 2.41 bits per heavy atom. The highest BCUT2D eigenvalue weighted by Crippen LogP contribution is 2.25. The molecule has 1 saturated heterocycles. The van der Waals surface area contributed by atoms with Crippen molar-refractivity contribution < 1.29 is 9.53 Å². The second kappa shape index (κ2) is 9.05. The maximum atomic E-state index is 12.3. The molecule has 0 radical (unpaired) electrons. The average molecular weight is 367 g/mol. The van der Waals surface area contributed by atoms with Gasteiger partial charge in [-0.05, 0) is 75.5 Å². The van der Waals surface area contributed by atoms with Gasteiger partial charge in [-0.3, -0.25) is 9.69 Å². The highest BCUT2D eigenvalue weighted by atomic mass is 16.5. The number of carbonyl (C=O) groups excluding carboxylic acids is 1. The third-order valence-corrected chi connectivity index (χ3v) is 5.38. The first-order chi connectivity index (χ1) is 13.0. The molecule has 0 saturated carbocycles. The first kappa shape index (κ1) is 19.4. The van der Waals surface area contributed by atoms with Gasteiger partial charge in [0.25, 0.3) is 5.91 Å². The van der Waals surface area contributed by atoms with E-state index >= 15 is 0 Å². The number of hydrogen-bond acceptors (Lipinski definition) is 3. The van der Waals surface area contributed by atoms with Crippen LogP contribution in [0.2, 0.25) is 0 Å². The van der Waals surface area contributed by atoms with Crippen molar-refractivity contribution in [1.29, 1.82) is 0 Å². The molecule has 4 nitrogen and oxygen atoms in total. The predicted octanol–water partition coefficient (Wildman–Crippen LogP) is 3.94. The Labute approximate surface area is 162 Å². The van der Waals surface area contributed by atoms with E-state index in [2.05, 4.69) is 48.3 Å². The van der Waals surface area contributed by atoms with Gasteiger partial charge in [0.05, 0.1) is 6.04 Å². The number of nitrogens with one attached hydrogen (secondary N) is 1. The summed E-state index contributed by atoms with van der Waals surface area (Å²) in [5.74, 6) is 0.660. The minimum absolute atomic E-state index is 0.0448. The van der Waals surface area contributed by atoms with E-state index < -0.39 is 0 Å². The van der Waals surface area contributed by atoms with Gasteiger partial charge in [0.15, 0.2) is 6.61 Å². The second-order valence-electron chi connectivity index (χ2n) is 7.51. The van der Waals surface area contributed by atoms with Gasteiger partial charge in [-0.1, -0.05) is 35.9 Å². The molecule has 0 bridgehead atoms. The molecule has 1 aliphatic rings. The summed E-state index contributed by atoms with van der Waals surface area (Å²) in [5, 5.41) is 3.06. The van der Waals surface area contributed by atoms with Crippen LogP contribution in [0.25, 0.3) is 0 Å². The highest BCUT2D eigenvalue weighted by molar-refractivity contribution is 5.77. The van der Waals surface area contributed by atoms with Crippen LogP contribution < -0.4 is 10.1 Å². The number of hydrogen-bond donors (Lipinski definition) is 1. The van der Waals surface area contributed by atoms with Gasteiger partial charge in [0, 0.05) is 6.54 Å². The van der Waals surface area contributed by atoms with Crippen molar-refractivity contribution in [3.8, 4) is 5.75 Å². The third kappa shape index (κ3) is 5.33. The fraction of sp³-hybridized carbons (Fsp3) is 0.435. The van der Waals surface area contributed by atoms with Crippen LogP contribution in [0.3, 0.4) is 0 Å². The molecule has 1 atom stereocenters. The van der Waals surface area contributed by atoms with Gasteiger partial charge in [0.1, 0.15) is 5.75 Å². The Balaban J connectivity index is 1.56. The van der Waals surface area contributed by atoms with Crippen LogP contribution in [0.4, 0.5) is 0 Å². The highest BCUT2D eigenvalue weighted by Gasteiger charge is 2.23. The van der Waals surface area contributed by atoms with Crippen molar-refractivity contribution in [2.45, 2.75) is 39.7 Å². The van der Waals surface area contributed by atoms with Crippen LogP contribution in [0, 0.1) is 20.8 Å². The summed E-state index contributed by atoms with van der Waals surface area (Å²) >= 11 is 0. The summed E-state index contributed by atoms with van der Waals surface area (Å²) in [5.41, 5.74) is 4.90. The topological polar surface area (TPSA) is 41.6 Å². The molecule has 0 spiro atoms. The smallest absolute Gasteiger partial charge is 0.258 e. The summed E-state index contributed by atoms with van der Waals surface area (Å²) in [6.45, 7) is 9.04. The molecular formula is C23H30N2O2. The van der Waals surface area contributed by atoms with E-state index in [1.807, 2.05) is 25.1 Å². The fourth-order valence-electron chi connectivity index (χ4n) is 3.51. The fourth-order valence-corrected chi connectivity index (χ4v) is 3.51. The van der Waals surface area contributed by atoms with E-state index in [-0.39, 0.29) is 18.6 Å². The maximum Gasteiger partial charge on any atom is 0.258 e. The minimum atomic E-state index is -0.0791. The molecule has 1 fully saturated rings. The zero-order valence-electron chi connectivity index (χ0n) is 16.6. The van der Waals surface area contributed by atoms with Crippen molar-refractivity contribution in [2.75, 3.05) is 26.2 Å². The van der Waals surface area contributed by atoms with E-state index in [1.54, 1.807) is 0 Å². The number of nitrogens with zero attached hydrogens (tertiary/aromatic N) is 1. The summed E-state index contributed by atoms with van der Waals surface area (Å²) in [7, 11) is 0. The first-order valence-electron chi connectivity index (χ1n) is 9.80. The number of carbonyl (C=O) groups is 1. The molecular weight excluding hydrogens is 336 g/mol. The Kier molecular flexibility index (Phi) is 6.51. The van der Waals surface area contributed by atoms with E-state index in [0.29, 0.717) is 6.54 Å². The van der Waals surface area contributed by atoms with E-state index in [1.165, 1.54) is 35.1 Å². The zero-order chi connectivity index (χ0) is 19.2. The molecule has 0 unspecified atom stereocenters. The molecule has 2 aromatic rings. The summed E-state index contributed by atoms with van der Waals surface area (Å²) in [6.07, 6.45) is 2.46. The lowest BCUT2D eigenvalue weighted by atomic mass is 10.0. The molecule has 1 amide bonds. The SMILES string of the molecule is Cc1ccc([C@@H](CNC(=O)COc2ccc(C)c(C)c2)N2CCCC2)cc1. The number of amides is 1. The molecule has 3 rings (SSSR count). The quantitative estimate of drug-likeness (QED) is 0.807. The van der Waals surface area contributed by atoms with Gasteiger partial charge in [-0.25, -0.2) is 0 Å². The summed E-state index contributed by atoms with van der Waals surface area (Å²) in [4.78, 5) is 14.8. The number of benzene rings is 2. The largest absolute Gasteiger partial charge is 0.484 e. The lowest BCUT2D eigenvalue weighted by Crippen LogP contribution is -2.38. The Morgan fingerprint density at radius 1 is 1.04 bits per heavy atom. The number of aryl methyl sites for hydroxylation is 3. The predicted molar refractivity (Wildman–Crippen MR) is 109 cm³/mol. The van der Waals surface area contributed by atoms with E-state index in [0.717, 1.165) is 18.8 Å².